The zero-order valence-corrected chi connectivity index (χ0v) is 6.00. The summed E-state index contributed by atoms with van der Waals surface area (Å²) in [6.45, 7) is 1.94. The van der Waals surface area contributed by atoms with Crippen molar-refractivity contribution in [2.75, 3.05) is 0 Å². The molecule has 0 aromatic heterocycles. The molecule has 0 saturated carbocycles. The summed E-state index contributed by atoms with van der Waals surface area (Å²) in [6.07, 6.45) is 2.42. The molecule has 1 unspecified atom stereocenters. The van der Waals surface area contributed by atoms with Crippen molar-refractivity contribution >= 4 is 5.71 Å². The standard InChI is InChI=1S/C7H10N2O/c1-6-5-7(10-9-6)3-2-4-8/h7H,2-3,5H2,1H3. The number of rotatable bonds is 2. The number of nitrogens with zero attached hydrogens (tertiary/aromatic N) is 2. The van der Waals surface area contributed by atoms with Gasteiger partial charge in [-0.3, -0.25) is 0 Å². The third kappa shape index (κ3) is 1.73. The van der Waals surface area contributed by atoms with Gasteiger partial charge >= 0.3 is 0 Å². The highest BCUT2D eigenvalue weighted by molar-refractivity contribution is 5.82. The topological polar surface area (TPSA) is 45.4 Å². The second kappa shape index (κ2) is 3.21. The van der Waals surface area contributed by atoms with E-state index < -0.39 is 0 Å². The molecule has 0 fully saturated rings. The van der Waals surface area contributed by atoms with E-state index in [1.165, 1.54) is 0 Å². The Labute approximate surface area is 60.3 Å². The number of hydrogen-bond donors (Lipinski definition) is 0. The molecule has 0 radical (unpaired) electrons. The van der Waals surface area contributed by atoms with Gasteiger partial charge in [-0.15, -0.1) is 0 Å². The van der Waals surface area contributed by atoms with E-state index in [1.54, 1.807) is 0 Å². The summed E-state index contributed by atoms with van der Waals surface area (Å²) >= 11 is 0. The quantitative estimate of drug-likeness (QED) is 0.579. The SMILES string of the molecule is CC1=NOC(CCC#N)C1. The van der Waals surface area contributed by atoms with Crippen LogP contribution in [0.3, 0.4) is 0 Å². The minimum atomic E-state index is 0.166. The molecule has 0 N–H and O–H groups in total. The van der Waals surface area contributed by atoms with Crippen LogP contribution in [-0.2, 0) is 4.84 Å². The lowest BCUT2D eigenvalue weighted by Crippen LogP contribution is -2.05. The Balaban J connectivity index is 2.18. The van der Waals surface area contributed by atoms with Crippen molar-refractivity contribution in [1.29, 1.82) is 5.26 Å². The molecule has 0 aromatic rings. The van der Waals surface area contributed by atoms with Gasteiger partial charge in [0.2, 0.25) is 0 Å². The average molecular weight is 138 g/mol. The molecule has 3 nitrogen and oxygen atoms in total. The van der Waals surface area contributed by atoms with Gasteiger partial charge in [0.05, 0.1) is 11.8 Å². The van der Waals surface area contributed by atoms with Crippen molar-refractivity contribution < 1.29 is 4.84 Å². The molecule has 54 valence electrons. The molecular formula is C7H10N2O. The molecule has 1 atom stereocenters. The number of hydrogen-bond acceptors (Lipinski definition) is 3. The van der Waals surface area contributed by atoms with Gasteiger partial charge in [-0.25, -0.2) is 0 Å². The highest BCUT2D eigenvalue weighted by Crippen LogP contribution is 2.14. The molecule has 0 saturated heterocycles. The fourth-order valence-electron chi connectivity index (χ4n) is 0.949. The first kappa shape index (κ1) is 7.07. The molecule has 0 amide bonds. The normalized spacial score (nSPS) is 23.2. The number of oxime groups is 1. The Kier molecular flexibility index (Phi) is 2.27. The van der Waals surface area contributed by atoms with Crippen LogP contribution in [0.25, 0.3) is 0 Å². The minimum Gasteiger partial charge on any atom is -0.392 e. The van der Waals surface area contributed by atoms with E-state index in [0.717, 1.165) is 18.6 Å². The maximum absolute atomic E-state index is 8.25. The summed E-state index contributed by atoms with van der Waals surface area (Å²) in [7, 11) is 0. The summed E-state index contributed by atoms with van der Waals surface area (Å²) in [5.74, 6) is 0. The highest BCUT2D eigenvalue weighted by atomic mass is 16.6. The summed E-state index contributed by atoms with van der Waals surface area (Å²) in [6, 6.07) is 2.08. The second-order valence-electron chi connectivity index (χ2n) is 2.45. The molecule has 10 heavy (non-hydrogen) atoms. The van der Waals surface area contributed by atoms with Crippen LogP contribution in [0.1, 0.15) is 26.2 Å². The molecule has 3 heteroatoms. The van der Waals surface area contributed by atoms with E-state index in [-0.39, 0.29) is 6.10 Å². The Hall–Kier alpha value is -1.04. The van der Waals surface area contributed by atoms with Crippen molar-refractivity contribution in [2.24, 2.45) is 5.16 Å². The van der Waals surface area contributed by atoms with E-state index in [1.807, 2.05) is 6.92 Å². The maximum atomic E-state index is 8.25. The molecule has 1 rings (SSSR count). The van der Waals surface area contributed by atoms with Crippen LogP contribution in [0.5, 0.6) is 0 Å². The van der Waals surface area contributed by atoms with Gasteiger partial charge in [0.1, 0.15) is 6.10 Å². The van der Waals surface area contributed by atoms with Gasteiger partial charge in [-0.1, -0.05) is 5.16 Å². The average Bonchev–Trinajstić information content (AvgIpc) is 2.31. The lowest BCUT2D eigenvalue weighted by molar-refractivity contribution is 0.0802. The first-order valence-electron chi connectivity index (χ1n) is 3.39. The molecular weight excluding hydrogens is 128 g/mol. The lowest BCUT2D eigenvalue weighted by atomic mass is 10.1. The smallest absolute Gasteiger partial charge is 0.133 e. The van der Waals surface area contributed by atoms with Gasteiger partial charge in [0.15, 0.2) is 0 Å². The summed E-state index contributed by atoms with van der Waals surface area (Å²) in [5, 5.41) is 12.0. The number of nitriles is 1. The molecule has 0 spiro atoms. The molecule has 0 aliphatic carbocycles. The van der Waals surface area contributed by atoms with E-state index in [2.05, 4.69) is 11.2 Å². The molecule has 1 aliphatic rings. The van der Waals surface area contributed by atoms with E-state index in [9.17, 15) is 0 Å². The highest BCUT2D eigenvalue weighted by Gasteiger charge is 2.16. The zero-order chi connectivity index (χ0) is 7.40. The third-order valence-corrected chi connectivity index (χ3v) is 1.46. The van der Waals surface area contributed by atoms with E-state index in [4.69, 9.17) is 10.1 Å². The predicted octanol–water partition coefficient (Wildman–Crippen LogP) is 1.45. The van der Waals surface area contributed by atoms with Crippen molar-refractivity contribution in [2.45, 2.75) is 32.3 Å². The van der Waals surface area contributed by atoms with Gasteiger partial charge in [0.25, 0.3) is 0 Å². The van der Waals surface area contributed by atoms with Crippen LogP contribution in [0.2, 0.25) is 0 Å². The fraction of sp³-hybridized carbons (Fsp3) is 0.714. The first-order valence-corrected chi connectivity index (χ1v) is 3.39. The zero-order valence-electron chi connectivity index (χ0n) is 6.00. The van der Waals surface area contributed by atoms with Crippen LogP contribution in [0.4, 0.5) is 0 Å². The van der Waals surface area contributed by atoms with Crippen molar-refractivity contribution in [3.8, 4) is 6.07 Å². The molecule has 0 aromatic carbocycles. The van der Waals surface area contributed by atoms with E-state index >= 15 is 0 Å². The third-order valence-electron chi connectivity index (χ3n) is 1.46. The molecule has 1 aliphatic heterocycles. The van der Waals surface area contributed by atoms with E-state index in [0.29, 0.717) is 6.42 Å². The van der Waals surface area contributed by atoms with Crippen LogP contribution in [0, 0.1) is 11.3 Å². The van der Waals surface area contributed by atoms with Crippen molar-refractivity contribution in [3.05, 3.63) is 0 Å². The molecule has 0 bridgehead atoms. The monoisotopic (exact) mass is 138 g/mol. The van der Waals surface area contributed by atoms with Gasteiger partial charge in [-0.2, -0.15) is 5.26 Å². The maximum Gasteiger partial charge on any atom is 0.133 e. The van der Waals surface area contributed by atoms with Gasteiger partial charge < -0.3 is 4.84 Å². The Bertz CT molecular complexity index is 181. The molecule has 1 heterocycles. The summed E-state index contributed by atoms with van der Waals surface area (Å²) < 4.78 is 0. The minimum absolute atomic E-state index is 0.166. The Morgan fingerprint density at radius 2 is 2.70 bits per heavy atom. The van der Waals surface area contributed by atoms with Crippen LogP contribution >= 0.6 is 0 Å². The Morgan fingerprint density at radius 1 is 1.90 bits per heavy atom. The Morgan fingerprint density at radius 3 is 3.20 bits per heavy atom. The summed E-state index contributed by atoms with van der Waals surface area (Å²) in [5.41, 5.74) is 1.03. The van der Waals surface area contributed by atoms with Crippen molar-refractivity contribution in [1.82, 2.24) is 0 Å². The first-order chi connectivity index (χ1) is 4.83. The van der Waals surface area contributed by atoms with Gasteiger partial charge in [-0.05, 0) is 6.92 Å². The second-order valence-corrected chi connectivity index (χ2v) is 2.45. The van der Waals surface area contributed by atoms with Crippen LogP contribution in [0.15, 0.2) is 5.16 Å². The fourth-order valence-corrected chi connectivity index (χ4v) is 0.949. The predicted molar refractivity (Wildman–Crippen MR) is 37.4 cm³/mol. The van der Waals surface area contributed by atoms with Crippen LogP contribution in [-0.4, -0.2) is 11.8 Å². The van der Waals surface area contributed by atoms with Crippen LogP contribution < -0.4 is 0 Å². The largest absolute Gasteiger partial charge is 0.392 e. The lowest BCUT2D eigenvalue weighted by Gasteiger charge is -2.02. The summed E-state index contributed by atoms with van der Waals surface area (Å²) in [4.78, 5) is 5.00. The van der Waals surface area contributed by atoms with Gasteiger partial charge in [0, 0.05) is 19.3 Å². The van der Waals surface area contributed by atoms with Crippen molar-refractivity contribution in [3.63, 3.8) is 0 Å².